The van der Waals surface area contributed by atoms with Gasteiger partial charge in [-0.2, -0.15) is 0 Å². The molecule has 1 aromatic carbocycles. The van der Waals surface area contributed by atoms with Crippen LogP contribution in [0.2, 0.25) is 0 Å². The Hall–Kier alpha value is -0.630. The van der Waals surface area contributed by atoms with Crippen molar-refractivity contribution in [1.29, 1.82) is 0 Å². The van der Waals surface area contributed by atoms with Crippen LogP contribution in [-0.4, -0.2) is 5.78 Å². The molecule has 2 aliphatic rings. The molecule has 0 bridgehead atoms. The predicted molar refractivity (Wildman–Crippen MR) is 68.0 cm³/mol. The van der Waals surface area contributed by atoms with Crippen molar-refractivity contribution in [3.05, 3.63) is 32.8 Å². The summed E-state index contributed by atoms with van der Waals surface area (Å²) in [5, 5.41) is 0. The summed E-state index contributed by atoms with van der Waals surface area (Å²) < 4.78 is 1.23. The van der Waals surface area contributed by atoms with Gasteiger partial charge in [-0.1, -0.05) is 22.9 Å². The number of carbonyl (C=O) groups excluding carboxylic acids is 1. The first kappa shape index (κ1) is 10.5. The van der Waals surface area contributed by atoms with Crippen LogP contribution >= 0.6 is 15.9 Å². The molecule has 84 valence electrons. The lowest BCUT2D eigenvalue weighted by Gasteiger charge is -2.19. The molecule has 0 saturated carbocycles. The Kier molecular flexibility index (Phi) is 2.43. The molecule has 0 heterocycles. The molecule has 2 aliphatic carbocycles. The maximum atomic E-state index is 12.0. The van der Waals surface area contributed by atoms with Gasteiger partial charge in [0, 0.05) is 16.0 Å². The molecule has 2 heteroatoms. The Morgan fingerprint density at radius 1 is 1.25 bits per heavy atom. The van der Waals surface area contributed by atoms with Gasteiger partial charge >= 0.3 is 0 Å². The minimum atomic E-state index is 0.176. The van der Waals surface area contributed by atoms with Gasteiger partial charge in [0.05, 0.1) is 0 Å². The normalized spacial score (nSPS) is 23.1. The van der Waals surface area contributed by atoms with Gasteiger partial charge in [0.15, 0.2) is 5.78 Å². The number of carbonyl (C=O) groups is 1. The Morgan fingerprint density at radius 3 is 2.81 bits per heavy atom. The summed E-state index contributed by atoms with van der Waals surface area (Å²) in [6, 6.07) is 2.17. The van der Waals surface area contributed by atoms with Gasteiger partial charge in [-0.05, 0) is 54.9 Å². The van der Waals surface area contributed by atoms with Crippen molar-refractivity contribution in [3.63, 3.8) is 0 Å². The molecule has 1 atom stereocenters. The van der Waals surface area contributed by atoms with E-state index in [1.54, 1.807) is 0 Å². The fourth-order valence-corrected chi connectivity index (χ4v) is 3.81. The molecule has 1 aromatic rings. The zero-order chi connectivity index (χ0) is 11.3. The van der Waals surface area contributed by atoms with E-state index in [1.165, 1.54) is 40.4 Å². The summed E-state index contributed by atoms with van der Waals surface area (Å²) in [5.74, 6) is 0.513. The molecule has 1 nitrogen and oxygen atoms in total. The van der Waals surface area contributed by atoms with Gasteiger partial charge < -0.3 is 0 Å². The molecule has 16 heavy (non-hydrogen) atoms. The van der Waals surface area contributed by atoms with Crippen molar-refractivity contribution < 1.29 is 4.79 Å². The van der Waals surface area contributed by atoms with Gasteiger partial charge in [0.2, 0.25) is 0 Å². The van der Waals surface area contributed by atoms with Gasteiger partial charge in [-0.15, -0.1) is 0 Å². The highest BCUT2D eigenvalue weighted by Gasteiger charge is 2.31. The van der Waals surface area contributed by atoms with Crippen LogP contribution < -0.4 is 0 Å². The Bertz CT molecular complexity index is 476. The third-order valence-electron chi connectivity index (χ3n) is 3.91. The topological polar surface area (TPSA) is 17.1 Å². The highest BCUT2D eigenvalue weighted by atomic mass is 79.9. The van der Waals surface area contributed by atoms with E-state index < -0.39 is 0 Å². The molecule has 1 unspecified atom stereocenters. The number of aryl methyl sites for hydroxylation is 1. The lowest BCUT2D eigenvalue weighted by atomic mass is 9.88. The number of fused-ring (bicyclic) bond motifs is 2. The number of ketones is 1. The highest BCUT2D eigenvalue weighted by molar-refractivity contribution is 9.10. The standard InChI is InChI=1S/C14H15BrO/c1-8-6-11-12(14(8)16)7-9-4-2-3-5-10(9)13(11)15/h7-8H,2-6H2,1H3. The first-order valence-corrected chi connectivity index (χ1v) is 6.85. The van der Waals surface area contributed by atoms with Crippen LogP contribution in [0.5, 0.6) is 0 Å². The van der Waals surface area contributed by atoms with Crippen LogP contribution in [0.25, 0.3) is 0 Å². The second-order valence-electron chi connectivity index (χ2n) is 5.03. The van der Waals surface area contributed by atoms with Gasteiger partial charge in [-0.3, -0.25) is 4.79 Å². The molecule has 3 rings (SSSR count). The molecule has 0 N–H and O–H groups in total. The Morgan fingerprint density at radius 2 is 2.00 bits per heavy atom. The van der Waals surface area contributed by atoms with Crippen molar-refractivity contribution in [3.8, 4) is 0 Å². The van der Waals surface area contributed by atoms with E-state index >= 15 is 0 Å². The van der Waals surface area contributed by atoms with E-state index in [1.807, 2.05) is 6.92 Å². The molecule has 0 radical (unpaired) electrons. The minimum Gasteiger partial charge on any atom is -0.294 e. The largest absolute Gasteiger partial charge is 0.294 e. The number of rotatable bonds is 0. The number of hydrogen-bond donors (Lipinski definition) is 0. The van der Waals surface area contributed by atoms with Crippen molar-refractivity contribution in [2.75, 3.05) is 0 Å². The first-order valence-electron chi connectivity index (χ1n) is 6.06. The molecular formula is C14H15BrO. The number of halogens is 1. The second-order valence-corrected chi connectivity index (χ2v) is 5.82. The molecule has 0 aromatic heterocycles. The van der Waals surface area contributed by atoms with Gasteiger partial charge in [-0.25, -0.2) is 0 Å². The van der Waals surface area contributed by atoms with E-state index in [0.717, 1.165) is 18.4 Å². The summed E-state index contributed by atoms with van der Waals surface area (Å²) in [4.78, 5) is 12.0. The van der Waals surface area contributed by atoms with Crippen LogP contribution in [0.4, 0.5) is 0 Å². The minimum absolute atomic E-state index is 0.176. The number of hydrogen-bond acceptors (Lipinski definition) is 1. The van der Waals surface area contributed by atoms with Crippen LogP contribution in [0.15, 0.2) is 10.5 Å². The third kappa shape index (κ3) is 1.39. The number of benzene rings is 1. The molecule has 0 saturated heterocycles. The van der Waals surface area contributed by atoms with E-state index in [4.69, 9.17) is 0 Å². The van der Waals surface area contributed by atoms with Crippen LogP contribution in [0, 0.1) is 5.92 Å². The summed E-state index contributed by atoms with van der Waals surface area (Å²) in [6.45, 7) is 2.04. The summed E-state index contributed by atoms with van der Waals surface area (Å²) >= 11 is 3.72. The van der Waals surface area contributed by atoms with Gasteiger partial charge in [0.25, 0.3) is 0 Å². The second kappa shape index (κ2) is 3.69. The third-order valence-corrected chi connectivity index (χ3v) is 4.86. The Labute approximate surface area is 104 Å². The van der Waals surface area contributed by atoms with Gasteiger partial charge in [0.1, 0.15) is 0 Å². The van der Waals surface area contributed by atoms with Crippen molar-refractivity contribution in [2.45, 2.75) is 39.0 Å². The van der Waals surface area contributed by atoms with Crippen molar-refractivity contribution in [1.82, 2.24) is 0 Å². The zero-order valence-corrected chi connectivity index (χ0v) is 11.1. The highest BCUT2D eigenvalue weighted by Crippen LogP contribution is 2.39. The lowest BCUT2D eigenvalue weighted by Crippen LogP contribution is -2.07. The fraction of sp³-hybridized carbons (Fsp3) is 0.500. The average Bonchev–Trinajstić information content (AvgIpc) is 2.58. The number of Topliss-reactive ketones (excluding diaryl/α,β-unsaturated/α-hetero) is 1. The lowest BCUT2D eigenvalue weighted by molar-refractivity contribution is 0.0946. The average molecular weight is 279 g/mol. The van der Waals surface area contributed by atoms with Crippen LogP contribution in [0.3, 0.4) is 0 Å². The maximum absolute atomic E-state index is 12.0. The maximum Gasteiger partial charge on any atom is 0.166 e. The van der Waals surface area contributed by atoms with Crippen molar-refractivity contribution in [2.24, 2.45) is 5.92 Å². The Balaban J connectivity index is 2.21. The molecular weight excluding hydrogens is 264 g/mol. The summed E-state index contributed by atoms with van der Waals surface area (Å²) in [6.07, 6.45) is 5.78. The van der Waals surface area contributed by atoms with E-state index in [9.17, 15) is 4.79 Å². The SMILES string of the molecule is CC1Cc2c(cc3c(c2Br)CCCC3)C1=O. The smallest absolute Gasteiger partial charge is 0.166 e. The summed E-state index contributed by atoms with van der Waals surface area (Å²) in [5.41, 5.74) is 5.12. The first-order chi connectivity index (χ1) is 7.68. The van der Waals surface area contributed by atoms with E-state index in [-0.39, 0.29) is 5.92 Å². The summed E-state index contributed by atoms with van der Waals surface area (Å²) in [7, 11) is 0. The van der Waals surface area contributed by atoms with Crippen molar-refractivity contribution >= 4 is 21.7 Å². The fourth-order valence-electron chi connectivity index (χ4n) is 2.98. The quantitative estimate of drug-likeness (QED) is 0.707. The molecule has 0 aliphatic heterocycles. The van der Waals surface area contributed by atoms with Crippen LogP contribution in [-0.2, 0) is 19.3 Å². The monoisotopic (exact) mass is 278 g/mol. The predicted octanol–water partition coefficient (Wildman–Crippen LogP) is 3.70. The molecule has 0 amide bonds. The van der Waals surface area contributed by atoms with E-state index in [0.29, 0.717) is 5.78 Å². The zero-order valence-electron chi connectivity index (χ0n) is 9.48. The molecule has 0 spiro atoms. The van der Waals surface area contributed by atoms with E-state index in [2.05, 4.69) is 22.0 Å². The van der Waals surface area contributed by atoms with Crippen LogP contribution in [0.1, 0.15) is 46.8 Å². The molecule has 0 fully saturated rings.